The summed E-state index contributed by atoms with van der Waals surface area (Å²) in [5.41, 5.74) is 7.76. The molecule has 3 N–H and O–H groups in total. The van der Waals surface area contributed by atoms with E-state index in [9.17, 15) is 9.18 Å². The molecule has 4 nitrogen and oxygen atoms in total. The van der Waals surface area contributed by atoms with Crippen LogP contribution in [0, 0.1) is 0 Å². The molecule has 1 aromatic carbocycles. The highest BCUT2D eigenvalue weighted by atomic mass is 19.1. The molecule has 0 atom stereocenters. The normalized spacial score (nSPS) is 12.7. The molecular weight excluding hydrogens is 293 g/mol. The van der Waals surface area contributed by atoms with Crippen molar-refractivity contribution >= 4 is 16.8 Å². The summed E-state index contributed by atoms with van der Waals surface area (Å²) in [6.07, 6.45) is 3.41. The highest BCUT2D eigenvalue weighted by Gasteiger charge is 2.18. The number of hydrogen-bond acceptors (Lipinski definition) is 2. The Bertz CT molecular complexity index is 725. The van der Waals surface area contributed by atoms with Gasteiger partial charge in [-0.3, -0.25) is 4.79 Å². The lowest BCUT2D eigenvalue weighted by atomic mass is 10.1. The van der Waals surface area contributed by atoms with Crippen molar-refractivity contribution in [2.45, 2.75) is 32.9 Å². The van der Waals surface area contributed by atoms with E-state index in [1.165, 1.54) is 6.08 Å². The van der Waals surface area contributed by atoms with Gasteiger partial charge in [0.1, 0.15) is 6.67 Å². The topological polar surface area (TPSA) is 60.0 Å². The highest BCUT2D eigenvalue weighted by Crippen LogP contribution is 2.22. The number of fused-ring (bicyclic) bond motifs is 1. The minimum absolute atomic E-state index is 0.0980. The molecule has 1 heterocycles. The van der Waals surface area contributed by atoms with E-state index in [4.69, 9.17) is 5.73 Å². The molecule has 0 saturated heterocycles. The number of rotatable bonds is 5. The number of carbonyl (C=O) groups excluding carboxylic acids is 1. The SMILES string of the molecule is CC(C)(C)NC(=O)c1cccc2c1ccn2C/C(=C/CF)CN. The molecule has 2 aromatic rings. The lowest BCUT2D eigenvalue weighted by Crippen LogP contribution is -2.40. The van der Waals surface area contributed by atoms with Gasteiger partial charge in [-0.1, -0.05) is 12.1 Å². The van der Waals surface area contributed by atoms with Crippen LogP contribution in [-0.2, 0) is 6.54 Å². The average Bonchev–Trinajstić information content (AvgIpc) is 2.88. The second-order valence-electron chi connectivity index (χ2n) is 6.61. The Labute approximate surface area is 136 Å². The monoisotopic (exact) mass is 317 g/mol. The van der Waals surface area contributed by atoms with E-state index in [0.29, 0.717) is 18.7 Å². The Morgan fingerprint density at radius 3 is 2.70 bits per heavy atom. The minimum atomic E-state index is -0.523. The molecule has 0 saturated carbocycles. The first-order chi connectivity index (χ1) is 10.9. The zero-order valence-electron chi connectivity index (χ0n) is 13.9. The van der Waals surface area contributed by atoms with Crippen LogP contribution >= 0.6 is 0 Å². The number of amides is 1. The molecule has 0 unspecified atom stereocenters. The number of nitrogens with two attached hydrogens (primary N) is 1. The van der Waals surface area contributed by atoms with Crippen LogP contribution in [0.15, 0.2) is 42.1 Å². The molecule has 0 radical (unpaired) electrons. The van der Waals surface area contributed by atoms with Gasteiger partial charge in [0, 0.05) is 41.3 Å². The molecule has 5 heteroatoms. The fourth-order valence-corrected chi connectivity index (χ4v) is 2.51. The van der Waals surface area contributed by atoms with E-state index in [-0.39, 0.29) is 11.4 Å². The van der Waals surface area contributed by atoms with Crippen molar-refractivity contribution in [3.63, 3.8) is 0 Å². The van der Waals surface area contributed by atoms with Gasteiger partial charge in [-0.05, 0) is 44.5 Å². The van der Waals surface area contributed by atoms with Crippen LogP contribution < -0.4 is 11.1 Å². The largest absolute Gasteiger partial charge is 0.347 e. The van der Waals surface area contributed by atoms with Crippen molar-refractivity contribution in [2.75, 3.05) is 13.2 Å². The summed E-state index contributed by atoms with van der Waals surface area (Å²) >= 11 is 0. The number of hydrogen-bond donors (Lipinski definition) is 2. The summed E-state index contributed by atoms with van der Waals surface area (Å²) in [5.74, 6) is -0.0980. The number of benzene rings is 1. The average molecular weight is 317 g/mol. The third-order valence-corrected chi connectivity index (χ3v) is 3.55. The van der Waals surface area contributed by atoms with Gasteiger partial charge in [-0.15, -0.1) is 0 Å². The van der Waals surface area contributed by atoms with Crippen molar-refractivity contribution in [1.29, 1.82) is 0 Å². The maximum atomic E-state index is 12.5. The molecule has 0 aliphatic heterocycles. The second kappa shape index (κ2) is 6.96. The number of nitrogens with one attached hydrogen (secondary N) is 1. The van der Waals surface area contributed by atoms with E-state index >= 15 is 0 Å². The van der Waals surface area contributed by atoms with Crippen LogP contribution in [-0.4, -0.2) is 29.2 Å². The second-order valence-corrected chi connectivity index (χ2v) is 6.61. The molecule has 1 aromatic heterocycles. The van der Waals surface area contributed by atoms with Gasteiger partial charge in [0.15, 0.2) is 0 Å². The lowest BCUT2D eigenvalue weighted by molar-refractivity contribution is 0.0921. The van der Waals surface area contributed by atoms with Gasteiger partial charge >= 0.3 is 0 Å². The third kappa shape index (κ3) is 4.20. The van der Waals surface area contributed by atoms with E-state index in [1.54, 1.807) is 0 Å². The van der Waals surface area contributed by atoms with Gasteiger partial charge in [-0.2, -0.15) is 0 Å². The van der Waals surface area contributed by atoms with Crippen LogP contribution in [0.5, 0.6) is 0 Å². The Morgan fingerprint density at radius 1 is 1.35 bits per heavy atom. The number of nitrogens with zero attached hydrogens (tertiary/aromatic N) is 1. The summed E-state index contributed by atoms with van der Waals surface area (Å²) in [6, 6.07) is 7.54. The van der Waals surface area contributed by atoms with E-state index < -0.39 is 6.67 Å². The molecule has 23 heavy (non-hydrogen) atoms. The fourth-order valence-electron chi connectivity index (χ4n) is 2.51. The summed E-state index contributed by atoms with van der Waals surface area (Å²) in [6.45, 7) is 6.16. The van der Waals surface area contributed by atoms with Crippen LogP contribution in [0.1, 0.15) is 31.1 Å². The van der Waals surface area contributed by atoms with Crippen LogP contribution in [0.2, 0.25) is 0 Å². The molecule has 1 amide bonds. The summed E-state index contributed by atoms with van der Waals surface area (Å²) in [5, 5.41) is 3.86. The summed E-state index contributed by atoms with van der Waals surface area (Å²) in [4.78, 5) is 12.5. The van der Waals surface area contributed by atoms with Crippen molar-refractivity contribution < 1.29 is 9.18 Å². The number of allylic oxidation sites excluding steroid dienone is 1. The molecule has 0 spiro atoms. The smallest absolute Gasteiger partial charge is 0.252 e. The van der Waals surface area contributed by atoms with E-state index in [0.717, 1.165) is 16.5 Å². The summed E-state index contributed by atoms with van der Waals surface area (Å²) < 4.78 is 14.5. The maximum Gasteiger partial charge on any atom is 0.252 e. The van der Waals surface area contributed by atoms with E-state index in [1.807, 2.05) is 55.8 Å². The summed E-state index contributed by atoms with van der Waals surface area (Å²) in [7, 11) is 0. The van der Waals surface area contributed by atoms with Crippen molar-refractivity contribution in [1.82, 2.24) is 9.88 Å². The molecule has 124 valence electrons. The van der Waals surface area contributed by atoms with Crippen LogP contribution in [0.25, 0.3) is 10.9 Å². The van der Waals surface area contributed by atoms with Crippen molar-refractivity contribution in [3.8, 4) is 0 Å². The highest BCUT2D eigenvalue weighted by molar-refractivity contribution is 6.06. The number of aromatic nitrogens is 1. The number of carbonyl (C=O) groups is 1. The van der Waals surface area contributed by atoms with Gasteiger partial charge < -0.3 is 15.6 Å². The first kappa shape index (κ1) is 17.2. The van der Waals surface area contributed by atoms with Gasteiger partial charge in [-0.25, -0.2) is 4.39 Å². The molecule has 0 bridgehead atoms. The van der Waals surface area contributed by atoms with Gasteiger partial charge in [0.05, 0.1) is 0 Å². The van der Waals surface area contributed by atoms with Crippen LogP contribution in [0.4, 0.5) is 4.39 Å². The fraction of sp³-hybridized carbons (Fsp3) is 0.389. The van der Waals surface area contributed by atoms with Crippen LogP contribution in [0.3, 0.4) is 0 Å². The van der Waals surface area contributed by atoms with Crippen molar-refractivity contribution in [3.05, 3.63) is 47.7 Å². The van der Waals surface area contributed by atoms with Crippen molar-refractivity contribution in [2.24, 2.45) is 5.73 Å². The third-order valence-electron chi connectivity index (χ3n) is 3.55. The Balaban J connectivity index is 2.37. The molecule has 0 aliphatic rings. The minimum Gasteiger partial charge on any atom is -0.347 e. The molecular formula is C18H24FN3O. The zero-order valence-corrected chi connectivity index (χ0v) is 13.9. The standard InChI is InChI=1S/C18H24FN3O/c1-18(2,3)21-17(23)15-5-4-6-16-14(15)8-10-22(16)12-13(11-20)7-9-19/h4-8,10H,9,11-12,20H2,1-3H3,(H,21,23)/b13-7+. The Hall–Kier alpha value is -2.14. The molecule has 2 rings (SSSR count). The number of halogens is 1. The molecule has 0 aliphatic carbocycles. The van der Waals surface area contributed by atoms with E-state index in [2.05, 4.69) is 5.32 Å². The quantitative estimate of drug-likeness (QED) is 0.833. The zero-order chi connectivity index (χ0) is 17.0. The Morgan fingerprint density at radius 2 is 2.09 bits per heavy atom. The lowest BCUT2D eigenvalue weighted by Gasteiger charge is -2.20. The number of alkyl halides is 1. The first-order valence-corrected chi connectivity index (χ1v) is 7.70. The Kier molecular flexibility index (Phi) is 5.21. The first-order valence-electron chi connectivity index (χ1n) is 7.70. The van der Waals surface area contributed by atoms with Gasteiger partial charge in [0.25, 0.3) is 5.91 Å². The maximum absolute atomic E-state index is 12.5. The van der Waals surface area contributed by atoms with Gasteiger partial charge in [0.2, 0.25) is 0 Å². The predicted molar refractivity (Wildman–Crippen MR) is 92.3 cm³/mol. The molecule has 0 fully saturated rings. The predicted octanol–water partition coefficient (Wildman–Crippen LogP) is 3.02.